The molecule has 4 aromatic carbocycles. The zero-order valence-electron chi connectivity index (χ0n) is 35.4. The number of fused-ring (bicyclic) bond motifs is 2. The molecule has 0 bridgehead atoms. The molecule has 0 radical (unpaired) electrons. The van der Waals surface area contributed by atoms with Crippen LogP contribution in [-0.2, 0) is 46.4 Å². The van der Waals surface area contributed by atoms with Crippen LogP contribution in [0.15, 0.2) is 85.2 Å². The summed E-state index contributed by atoms with van der Waals surface area (Å²) in [6.45, 7) is 4.61. The lowest BCUT2D eigenvalue weighted by Gasteiger charge is -2.29. The molecule has 324 valence electrons. The number of imidazole rings is 2. The van der Waals surface area contributed by atoms with Gasteiger partial charge < -0.3 is 18.9 Å². The Hall–Kier alpha value is -6.90. The molecule has 4 aliphatic rings. The number of piperidine rings is 2. The van der Waals surface area contributed by atoms with Crippen molar-refractivity contribution in [3.05, 3.63) is 129 Å². The lowest BCUT2D eigenvalue weighted by molar-refractivity contribution is -0.138. The van der Waals surface area contributed by atoms with Gasteiger partial charge in [-0.05, 0) is 91.4 Å². The molecule has 6 aromatic rings. The van der Waals surface area contributed by atoms with E-state index in [4.69, 9.17) is 33.2 Å². The molecule has 16 heteroatoms. The van der Waals surface area contributed by atoms with Crippen LogP contribution in [0.5, 0.6) is 0 Å². The molecule has 0 aliphatic carbocycles. The van der Waals surface area contributed by atoms with E-state index in [1.54, 1.807) is 21.9 Å². The fourth-order valence-corrected chi connectivity index (χ4v) is 9.23. The van der Waals surface area contributed by atoms with Gasteiger partial charge in [-0.15, -0.1) is 0 Å². The SMILES string of the molecule is Cc1ccc(-c2nc(-c3ccc4c(c3)CN(C3CCC(=O)NC3=O)C4=O)cn2C)c(Cl)c1.Cc1ccc(-c2nc(-c3ccc4c(c3)CN(C3CCC(=O)NC3=O)C4=O)cn2C)cc1Cl. The number of aromatic nitrogens is 4. The highest BCUT2D eigenvalue weighted by atomic mass is 35.5. The number of imide groups is 2. The van der Waals surface area contributed by atoms with Gasteiger partial charge in [-0.1, -0.05) is 53.5 Å². The minimum atomic E-state index is -0.624. The lowest BCUT2D eigenvalue weighted by Crippen LogP contribution is -2.52. The first kappa shape index (κ1) is 42.4. The van der Waals surface area contributed by atoms with Crippen LogP contribution in [0.25, 0.3) is 45.3 Å². The van der Waals surface area contributed by atoms with Crippen molar-refractivity contribution in [2.75, 3.05) is 0 Å². The molecule has 10 rings (SSSR count). The second-order valence-corrected chi connectivity index (χ2v) is 17.4. The summed E-state index contributed by atoms with van der Waals surface area (Å²) in [4.78, 5) is 85.9. The number of halogens is 2. The van der Waals surface area contributed by atoms with Crippen molar-refractivity contribution < 1.29 is 28.8 Å². The fourth-order valence-electron chi connectivity index (χ4n) is 8.73. The maximum Gasteiger partial charge on any atom is 0.255 e. The summed E-state index contributed by atoms with van der Waals surface area (Å²) in [6, 6.07) is 21.7. The number of aryl methyl sites for hydroxylation is 4. The summed E-state index contributed by atoms with van der Waals surface area (Å²) >= 11 is 12.7. The van der Waals surface area contributed by atoms with Crippen LogP contribution in [0.4, 0.5) is 0 Å². The molecular formula is C48H42Cl2N8O6. The minimum Gasteiger partial charge on any atom is -0.333 e. The molecular weight excluding hydrogens is 855 g/mol. The Morgan fingerprint density at radius 3 is 1.55 bits per heavy atom. The van der Waals surface area contributed by atoms with Crippen molar-refractivity contribution in [2.45, 2.75) is 64.7 Å². The molecule has 6 heterocycles. The Labute approximate surface area is 378 Å². The van der Waals surface area contributed by atoms with Gasteiger partial charge in [0.05, 0.1) is 16.4 Å². The van der Waals surface area contributed by atoms with Gasteiger partial charge in [0, 0.05) is 90.8 Å². The van der Waals surface area contributed by atoms with E-state index < -0.39 is 23.9 Å². The standard InChI is InChI=1S/2C24H21ClN4O3/c1-13-3-5-17(18(25)9-13)22-26-19(12-28(22)2)14-4-6-16-15(10-14)11-29(24(16)32)20-7-8-21(30)27-23(20)31;1-13-3-4-15(10-18(13)25)22-26-19(12-28(22)2)14-5-6-17-16(9-14)11-29(24(17)32)20-7-8-21(30)27-23(20)31/h2*3-6,9-10,12,20H,7-8,11H2,1-2H3,(H,27,30,31). The van der Waals surface area contributed by atoms with E-state index >= 15 is 0 Å². The number of carbonyl (C=O) groups excluding carboxylic acids is 6. The van der Waals surface area contributed by atoms with Crippen LogP contribution in [0.3, 0.4) is 0 Å². The monoisotopic (exact) mass is 896 g/mol. The third-order valence-electron chi connectivity index (χ3n) is 12.2. The second kappa shape index (κ2) is 16.7. The van der Waals surface area contributed by atoms with Crippen LogP contribution in [0.1, 0.15) is 68.7 Å². The topological polar surface area (TPSA) is 169 Å². The Kier molecular flexibility index (Phi) is 11.0. The third-order valence-corrected chi connectivity index (χ3v) is 12.9. The molecule has 2 saturated heterocycles. The first-order valence-electron chi connectivity index (χ1n) is 20.8. The van der Waals surface area contributed by atoms with Crippen molar-refractivity contribution in [1.82, 2.24) is 39.5 Å². The van der Waals surface area contributed by atoms with Crippen molar-refractivity contribution in [1.29, 1.82) is 0 Å². The van der Waals surface area contributed by atoms with Crippen LogP contribution in [-0.4, -0.2) is 76.4 Å². The molecule has 2 fully saturated rings. The number of rotatable bonds is 6. The Balaban J connectivity index is 0.000000162. The highest BCUT2D eigenvalue weighted by Crippen LogP contribution is 2.35. The Bertz CT molecular complexity index is 2990. The number of nitrogens with one attached hydrogen (secondary N) is 2. The van der Waals surface area contributed by atoms with Gasteiger partial charge >= 0.3 is 0 Å². The predicted octanol–water partition coefficient (Wildman–Crippen LogP) is 6.95. The normalized spacial score (nSPS) is 18.2. The molecule has 2 aromatic heterocycles. The molecule has 0 saturated carbocycles. The number of amides is 6. The van der Waals surface area contributed by atoms with E-state index in [-0.39, 0.29) is 36.5 Å². The highest BCUT2D eigenvalue weighted by Gasteiger charge is 2.40. The third kappa shape index (κ3) is 7.88. The fraction of sp³-hybridized carbons (Fsp3) is 0.250. The Morgan fingerprint density at radius 2 is 1.05 bits per heavy atom. The van der Waals surface area contributed by atoms with E-state index in [0.717, 1.165) is 67.5 Å². The molecule has 2 unspecified atom stereocenters. The van der Waals surface area contributed by atoms with Gasteiger partial charge in [-0.25, -0.2) is 9.97 Å². The van der Waals surface area contributed by atoms with Gasteiger partial charge in [-0.2, -0.15) is 0 Å². The van der Waals surface area contributed by atoms with E-state index in [2.05, 4.69) is 10.6 Å². The number of benzene rings is 4. The zero-order valence-corrected chi connectivity index (χ0v) is 36.9. The predicted molar refractivity (Wildman–Crippen MR) is 240 cm³/mol. The van der Waals surface area contributed by atoms with Crippen molar-refractivity contribution in [2.24, 2.45) is 14.1 Å². The van der Waals surface area contributed by atoms with E-state index in [1.165, 1.54) is 0 Å². The lowest BCUT2D eigenvalue weighted by atomic mass is 10.0. The number of hydrogen-bond donors (Lipinski definition) is 2. The molecule has 2 N–H and O–H groups in total. The van der Waals surface area contributed by atoms with Crippen LogP contribution >= 0.6 is 23.2 Å². The van der Waals surface area contributed by atoms with E-state index in [1.807, 2.05) is 110 Å². The van der Waals surface area contributed by atoms with Crippen molar-refractivity contribution in [3.8, 4) is 45.3 Å². The summed E-state index contributed by atoms with van der Waals surface area (Å²) in [6.07, 6.45) is 5.04. The average molecular weight is 898 g/mol. The highest BCUT2D eigenvalue weighted by molar-refractivity contribution is 6.33. The smallest absolute Gasteiger partial charge is 0.255 e. The summed E-state index contributed by atoms with van der Waals surface area (Å²) in [5.41, 5.74) is 10.1. The summed E-state index contributed by atoms with van der Waals surface area (Å²) in [5, 5.41) is 5.99. The summed E-state index contributed by atoms with van der Waals surface area (Å²) in [7, 11) is 3.85. The zero-order chi connectivity index (χ0) is 45.1. The first-order chi connectivity index (χ1) is 30.6. The quantitative estimate of drug-likeness (QED) is 0.169. The van der Waals surface area contributed by atoms with Gasteiger partial charge in [-0.3, -0.25) is 39.4 Å². The number of carbonyl (C=O) groups is 6. The van der Waals surface area contributed by atoms with Gasteiger partial charge in [0.1, 0.15) is 23.7 Å². The summed E-state index contributed by atoms with van der Waals surface area (Å²) < 4.78 is 3.88. The molecule has 64 heavy (non-hydrogen) atoms. The van der Waals surface area contributed by atoms with Gasteiger partial charge in [0.25, 0.3) is 11.8 Å². The van der Waals surface area contributed by atoms with Crippen LogP contribution in [0.2, 0.25) is 10.0 Å². The van der Waals surface area contributed by atoms with Crippen molar-refractivity contribution in [3.63, 3.8) is 0 Å². The number of hydrogen-bond acceptors (Lipinski definition) is 8. The maximum absolute atomic E-state index is 12.9. The first-order valence-corrected chi connectivity index (χ1v) is 21.5. The molecule has 4 aliphatic heterocycles. The molecule has 2 atom stereocenters. The van der Waals surface area contributed by atoms with Crippen molar-refractivity contribution >= 4 is 58.6 Å². The van der Waals surface area contributed by atoms with Crippen LogP contribution < -0.4 is 10.6 Å². The average Bonchev–Trinajstić information content (AvgIpc) is 4.02. The Morgan fingerprint density at radius 1 is 0.562 bits per heavy atom. The van der Waals surface area contributed by atoms with Gasteiger partial charge in [0.2, 0.25) is 23.6 Å². The minimum absolute atomic E-state index is 0.183. The maximum atomic E-state index is 12.9. The van der Waals surface area contributed by atoms with E-state index in [0.29, 0.717) is 47.1 Å². The van der Waals surface area contributed by atoms with Crippen LogP contribution in [0, 0.1) is 13.8 Å². The largest absolute Gasteiger partial charge is 0.333 e. The molecule has 0 spiro atoms. The van der Waals surface area contributed by atoms with Gasteiger partial charge in [0.15, 0.2) is 0 Å². The second-order valence-electron chi connectivity index (χ2n) is 16.6. The summed E-state index contributed by atoms with van der Waals surface area (Å²) in [5.74, 6) is -0.224. The van der Waals surface area contributed by atoms with E-state index in [9.17, 15) is 28.8 Å². The molecule has 6 amide bonds. The number of nitrogens with zero attached hydrogens (tertiary/aromatic N) is 6. The molecule has 14 nitrogen and oxygen atoms in total.